The molecule has 9 N–H and O–H groups in total. The highest BCUT2D eigenvalue weighted by atomic mass is 16.7. The van der Waals surface area contributed by atoms with Crippen LogP contribution in [0.15, 0.2) is 85.1 Å². The number of hydrogen-bond acceptors (Lipinski definition) is 13. The third-order valence-corrected chi connectivity index (χ3v) is 13.3. The number of hydrogen-bond donors (Lipinski definition) is 9. The average molecular weight is 1030 g/mol. The van der Waals surface area contributed by atoms with Gasteiger partial charge in [-0.3, -0.25) is 4.79 Å². The minimum Gasteiger partial charge on any atom is -0.394 e. The summed E-state index contributed by atoms with van der Waals surface area (Å²) in [4.78, 5) is 13.2. The molecule has 0 radical (unpaired) electrons. The number of rotatable bonds is 43. The SMILES string of the molecule is CC/C=C\C/C=C\C/C=C\C/C=C\C/C=C\C/C=C\CCCCCCCCCCC(=O)NC(COC1OC(CO)C(OC2OC(CO)C(O)C(O)C2O)C(O)C1O)C(O)/C=C/CCCCCCCCCCCC. The highest BCUT2D eigenvalue weighted by Gasteiger charge is 2.51. The zero-order valence-electron chi connectivity index (χ0n) is 44.8. The number of aliphatic hydroxyl groups is 8. The molecule has 420 valence electrons. The van der Waals surface area contributed by atoms with Gasteiger partial charge in [0.25, 0.3) is 0 Å². The molecule has 14 nitrogen and oxygen atoms in total. The van der Waals surface area contributed by atoms with Crippen molar-refractivity contribution in [3.63, 3.8) is 0 Å². The Labute approximate surface area is 440 Å². The Bertz CT molecular complexity index is 1550. The van der Waals surface area contributed by atoms with Crippen molar-refractivity contribution in [2.45, 2.75) is 261 Å². The number of carbonyl (C=O) groups excluding carboxylic acids is 1. The lowest BCUT2D eigenvalue weighted by Gasteiger charge is -2.46. The van der Waals surface area contributed by atoms with Crippen molar-refractivity contribution in [3.8, 4) is 0 Å². The zero-order valence-corrected chi connectivity index (χ0v) is 44.8. The molecule has 0 aromatic rings. The summed E-state index contributed by atoms with van der Waals surface area (Å²) in [5.74, 6) is -0.253. The van der Waals surface area contributed by atoms with Gasteiger partial charge in [-0.15, -0.1) is 0 Å². The number of carbonyl (C=O) groups is 1. The van der Waals surface area contributed by atoms with Crippen LogP contribution in [0.25, 0.3) is 0 Å². The molecule has 0 saturated carbocycles. The van der Waals surface area contributed by atoms with Crippen molar-refractivity contribution in [1.82, 2.24) is 5.32 Å². The fourth-order valence-corrected chi connectivity index (χ4v) is 8.76. The van der Waals surface area contributed by atoms with E-state index < -0.39 is 86.8 Å². The number of ether oxygens (including phenoxy) is 4. The van der Waals surface area contributed by atoms with Crippen LogP contribution in [0, 0.1) is 0 Å². The van der Waals surface area contributed by atoms with Crippen LogP contribution in [-0.4, -0.2) is 140 Å². The van der Waals surface area contributed by atoms with Crippen LogP contribution < -0.4 is 5.32 Å². The van der Waals surface area contributed by atoms with Crippen molar-refractivity contribution in [1.29, 1.82) is 0 Å². The van der Waals surface area contributed by atoms with E-state index in [-0.39, 0.29) is 18.9 Å². The lowest BCUT2D eigenvalue weighted by atomic mass is 9.97. The van der Waals surface area contributed by atoms with Gasteiger partial charge in [-0.1, -0.05) is 195 Å². The van der Waals surface area contributed by atoms with Crippen LogP contribution >= 0.6 is 0 Å². The van der Waals surface area contributed by atoms with E-state index >= 15 is 0 Å². The molecular weight excluding hydrogens is 931 g/mol. The largest absolute Gasteiger partial charge is 0.394 e. The second kappa shape index (κ2) is 44.3. The molecule has 0 bridgehead atoms. The van der Waals surface area contributed by atoms with Crippen LogP contribution in [0.4, 0.5) is 0 Å². The Morgan fingerprint density at radius 3 is 1.45 bits per heavy atom. The number of nitrogens with one attached hydrogen (secondary N) is 1. The van der Waals surface area contributed by atoms with E-state index in [1.54, 1.807) is 6.08 Å². The van der Waals surface area contributed by atoms with E-state index in [9.17, 15) is 45.6 Å². The summed E-state index contributed by atoms with van der Waals surface area (Å²) in [6.45, 7) is 2.64. The van der Waals surface area contributed by atoms with Gasteiger partial charge in [0, 0.05) is 6.42 Å². The van der Waals surface area contributed by atoms with E-state index in [4.69, 9.17) is 18.9 Å². The molecule has 12 atom stereocenters. The van der Waals surface area contributed by atoms with Crippen LogP contribution in [0.3, 0.4) is 0 Å². The van der Waals surface area contributed by atoms with Crippen LogP contribution in [-0.2, 0) is 23.7 Å². The normalized spacial score (nSPS) is 26.1. The Kier molecular flexibility index (Phi) is 40.2. The number of allylic oxidation sites excluding steroid dienone is 13. The van der Waals surface area contributed by atoms with Gasteiger partial charge in [-0.05, 0) is 70.6 Å². The molecule has 2 rings (SSSR count). The number of unbranched alkanes of at least 4 members (excludes halogenated alkanes) is 18. The third-order valence-electron chi connectivity index (χ3n) is 13.3. The first kappa shape index (κ1) is 66.3. The van der Waals surface area contributed by atoms with E-state index in [0.29, 0.717) is 6.42 Å². The summed E-state index contributed by atoms with van der Waals surface area (Å²) in [5.41, 5.74) is 0. The molecule has 73 heavy (non-hydrogen) atoms. The predicted octanol–water partition coefficient (Wildman–Crippen LogP) is 8.94. The number of amides is 1. The highest BCUT2D eigenvalue weighted by molar-refractivity contribution is 5.76. The Balaban J connectivity index is 1.74. The Morgan fingerprint density at radius 1 is 0.507 bits per heavy atom. The fraction of sp³-hybridized carbons (Fsp3) is 0.746. The molecule has 2 heterocycles. The first-order chi connectivity index (χ1) is 35.6. The van der Waals surface area contributed by atoms with Crippen molar-refractivity contribution in [2.24, 2.45) is 0 Å². The third kappa shape index (κ3) is 30.5. The fourth-order valence-electron chi connectivity index (χ4n) is 8.76. The van der Waals surface area contributed by atoms with E-state index in [2.05, 4.69) is 92.1 Å². The van der Waals surface area contributed by atoms with Crippen molar-refractivity contribution in [2.75, 3.05) is 19.8 Å². The summed E-state index contributed by atoms with van der Waals surface area (Å²) in [5, 5.41) is 86.9. The molecule has 14 heteroatoms. The molecule has 2 fully saturated rings. The summed E-state index contributed by atoms with van der Waals surface area (Å²) < 4.78 is 22.7. The monoisotopic (exact) mass is 1030 g/mol. The zero-order chi connectivity index (χ0) is 53.2. The van der Waals surface area contributed by atoms with Crippen LogP contribution in [0.2, 0.25) is 0 Å². The molecule has 2 aliphatic heterocycles. The summed E-state index contributed by atoms with van der Waals surface area (Å²) in [6, 6.07) is -0.923. The molecule has 12 unspecified atom stereocenters. The minimum atomic E-state index is -1.79. The molecule has 0 aliphatic carbocycles. The van der Waals surface area contributed by atoms with E-state index in [1.807, 2.05) is 6.08 Å². The maximum atomic E-state index is 13.2. The average Bonchev–Trinajstić information content (AvgIpc) is 3.39. The molecular formula is C59H101NO13. The van der Waals surface area contributed by atoms with Gasteiger partial charge in [-0.2, -0.15) is 0 Å². The smallest absolute Gasteiger partial charge is 0.220 e. The van der Waals surface area contributed by atoms with Crippen LogP contribution in [0.5, 0.6) is 0 Å². The quantitative estimate of drug-likeness (QED) is 0.0206. The highest BCUT2D eigenvalue weighted by Crippen LogP contribution is 2.30. The maximum absolute atomic E-state index is 13.2. The molecule has 1 amide bonds. The predicted molar refractivity (Wildman–Crippen MR) is 290 cm³/mol. The topological polar surface area (TPSA) is 228 Å². The van der Waals surface area contributed by atoms with Crippen molar-refractivity contribution >= 4 is 5.91 Å². The lowest BCUT2D eigenvalue weighted by molar-refractivity contribution is -0.359. The molecule has 2 aliphatic rings. The van der Waals surface area contributed by atoms with Gasteiger partial charge in [-0.25, -0.2) is 0 Å². The summed E-state index contributed by atoms with van der Waals surface area (Å²) >= 11 is 0. The maximum Gasteiger partial charge on any atom is 0.220 e. The van der Waals surface area contributed by atoms with Crippen molar-refractivity contribution in [3.05, 3.63) is 85.1 Å². The van der Waals surface area contributed by atoms with E-state index in [0.717, 1.165) is 89.9 Å². The van der Waals surface area contributed by atoms with Crippen LogP contribution in [0.1, 0.15) is 187 Å². The molecule has 0 spiro atoms. The first-order valence-electron chi connectivity index (χ1n) is 28.3. The minimum absolute atomic E-state index is 0.253. The molecule has 0 aromatic heterocycles. The summed E-state index contributed by atoms with van der Waals surface area (Å²) in [6.07, 6.45) is 41.9. The second-order valence-corrected chi connectivity index (χ2v) is 19.7. The van der Waals surface area contributed by atoms with Gasteiger partial charge < -0.3 is 65.1 Å². The Morgan fingerprint density at radius 2 is 0.945 bits per heavy atom. The Hall–Kier alpha value is -2.83. The number of aliphatic hydroxyl groups excluding tert-OH is 8. The lowest BCUT2D eigenvalue weighted by Crippen LogP contribution is -2.65. The molecule has 2 saturated heterocycles. The van der Waals surface area contributed by atoms with Gasteiger partial charge in [0.2, 0.25) is 5.91 Å². The van der Waals surface area contributed by atoms with Crippen molar-refractivity contribution < 1.29 is 64.6 Å². The van der Waals surface area contributed by atoms with Gasteiger partial charge in [0.05, 0.1) is 32.0 Å². The second-order valence-electron chi connectivity index (χ2n) is 19.7. The van der Waals surface area contributed by atoms with Gasteiger partial charge in [0.15, 0.2) is 12.6 Å². The van der Waals surface area contributed by atoms with Gasteiger partial charge >= 0.3 is 0 Å². The summed E-state index contributed by atoms with van der Waals surface area (Å²) in [7, 11) is 0. The molecule has 0 aromatic carbocycles. The standard InChI is InChI=1S/C59H101NO13/c1-3-5-7-9-11-13-15-17-18-19-20-21-22-23-24-25-26-27-28-29-30-31-33-35-37-39-41-43-51(64)60-47(48(63)42-40-38-36-34-32-16-14-12-10-8-6-4-2)46-70-58-56(69)54(67)57(50(45-62)72-58)73-59-55(68)53(66)52(65)49(44-61)71-59/h5,7,11,13,17-18,20-21,23-24,26-27,40,42,47-50,52-59,61-63,65-69H,3-4,6,8-10,12,14-16,19,22,25,28-39,41,43-46H2,1-2H3,(H,60,64)/b7-5-,13-11-,18-17-,21-20-,24-23-,27-26-,42-40+. The van der Waals surface area contributed by atoms with Gasteiger partial charge in [0.1, 0.15) is 48.8 Å². The first-order valence-corrected chi connectivity index (χ1v) is 28.3. The van der Waals surface area contributed by atoms with E-state index in [1.165, 1.54) is 70.6 Å².